The summed E-state index contributed by atoms with van der Waals surface area (Å²) in [5.74, 6) is 0.635. The number of nitrogens with zero attached hydrogens (tertiary/aromatic N) is 1. The predicted octanol–water partition coefficient (Wildman–Crippen LogP) is 3.22. The maximum absolute atomic E-state index is 12.2. The predicted molar refractivity (Wildman–Crippen MR) is 111 cm³/mol. The molecule has 2 amide bonds. The number of carbonyl (C=O) groups excluding carboxylic acids is 2. The number of carbonyl (C=O) groups is 2. The first-order valence-corrected chi connectivity index (χ1v) is 9.88. The minimum absolute atomic E-state index is 0.0518. The number of hydrogen-bond donors (Lipinski definition) is 2. The molecular weight excluding hydrogens is 390 g/mol. The number of ether oxygens (including phenoxy) is 2. The molecular formula is C21H21N3O4S. The SMILES string of the molecule is CCOc1ccccc1-c1nc(CC(=O)NNC(=O)c2ccc(OC)cc2)cs1. The summed E-state index contributed by atoms with van der Waals surface area (Å²) in [6.45, 7) is 2.49. The molecule has 3 rings (SSSR count). The molecule has 0 atom stereocenters. The Morgan fingerprint density at radius 3 is 2.55 bits per heavy atom. The first kappa shape index (κ1) is 20.3. The summed E-state index contributed by atoms with van der Waals surface area (Å²) in [7, 11) is 1.55. The number of hydrogen-bond acceptors (Lipinski definition) is 6. The van der Waals surface area contributed by atoms with Crippen molar-refractivity contribution >= 4 is 23.2 Å². The Morgan fingerprint density at radius 2 is 1.83 bits per heavy atom. The van der Waals surface area contributed by atoms with E-state index in [1.165, 1.54) is 11.3 Å². The quantitative estimate of drug-likeness (QED) is 0.583. The first-order chi connectivity index (χ1) is 14.1. The molecule has 0 unspecified atom stereocenters. The third-order valence-electron chi connectivity index (χ3n) is 3.98. The second-order valence-corrected chi connectivity index (χ2v) is 6.84. The zero-order valence-corrected chi connectivity index (χ0v) is 16.9. The van der Waals surface area contributed by atoms with Crippen LogP contribution in [0.3, 0.4) is 0 Å². The molecule has 3 aromatic rings. The molecule has 1 aromatic heterocycles. The standard InChI is InChI=1S/C21H21N3O4S/c1-3-28-18-7-5-4-6-17(18)21-22-15(13-29-21)12-19(25)23-24-20(26)14-8-10-16(27-2)11-9-14/h4-11,13H,3,12H2,1-2H3,(H,23,25)(H,24,26). The Morgan fingerprint density at radius 1 is 1.07 bits per heavy atom. The molecule has 2 aromatic carbocycles. The monoisotopic (exact) mass is 411 g/mol. The van der Waals surface area contributed by atoms with Gasteiger partial charge < -0.3 is 9.47 Å². The lowest BCUT2D eigenvalue weighted by Crippen LogP contribution is -2.42. The fraction of sp³-hybridized carbons (Fsp3) is 0.190. The number of para-hydroxylation sites is 1. The van der Waals surface area contributed by atoms with Crippen molar-refractivity contribution in [3.8, 4) is 22.1 Å². The fourth-order valence-electron chi connectivity index (χ4n) is 2.59. The van der Waals surface area contributed by atoms with Crippen LogP contribution in [0.4, 0.5) is 0 Å². The number of methoxy groups -OCH3 is 1. The second kappa shape index (κ2) is 9.70. The number of aromatic nitrogens is 1. The summed E-state index contributed by atoms with van der Waals surface area (Å²) in [6.07, 6.45) is 0.0518. The second-order valence-electron chi connectivity index (χ2n) is 5.98. The van der Waals surface area contributed by atoms with Crippen molar-refractivity contribution in [1.29, 1.82) is 0 Å². The molecule has 2 N–H and O–H groups in total. The molecule has 0 fully saturated rings. The van der Waals surface area contributed by atoms with Crippen LogP contribution in [0.15, 0.2) is 53.9 Å². The topological polar surface area (TPSA) is 89.5 Å². The van der Waals surface area contributed by atoms with E-state index in [4.69, 9.17) is 9.47 Å². The van der Waals surface area contributed by atoms with Crippen molar-refractivity contribution in [2.45, 2.75) is 13.3 Å². The number of hydrazine groups is 1. The highest BCUT2D eigenvalue weighted by atomic mass is 32.1. The molecule has 0 aliphatic carbocycles. The highest BCUT2D eigenvalue weighted by molar-refractivity contribution is 7.13. The lowest BCUT2D eigenvalue weighted by molar-refractivity contribution is -0.121. The molecule has 29 heavy (non-hydrogen) atoms. The number of thiazole rings is 1. The zero-order valence-electron chi connectivity index (χ0n) is 16.1. The zero-order chi connectivity index (χ0) is 20.6. The molecule has 0 aliphatic heterocycles. The van der Waals surface area contributed by atoms with Gasteiger partial charge in [-0.25, -0.2) is 4.98 Å². The molecule has 0 saturated carbocycles. The average molecular weight is 411 g/mol. The van der Waals surface area contributed by atoms with Gasteiger partial charge in [-0.1, -0.05) is 12.1 Å². The van der Waals surface area contributed by atoms with Crippen molar-refractivity contribution in [2.75, 3.05) is 13.7 Å². The van der Waals surface area contributed by atoms with E-state index in [0.717, 1.165) is 16.3 Å². The van der Waals surface area contributed by atoms with E-state index in [9.17, 15) is 9.59 Å². The van der Waals surface area contributed by atoms with Crippen LogP contribution in [-0.2, 0) is 11.2 Å². The average Bonchev–Trinajstić information content (AvgIpc) is 3.21. The van der Waals surface area contributed by atoms with E-state index in [0.29, 0.717) is 23.6 Å². The van der Waals surface area contributed by atoms with E-state index in [-0.39, 0.29) is 12.3 Å². The van der Waals surface area contributed by atoms with Crippen molar-refractivity contribution in [1.82, 2.24) is 15.8 Å². The molecule has 0 spiro atoms. The largest absolute Gasteiger partial charge is 0.497 e. The van der Waals surface area contributed by atoms with Gasteiger partial charge in [0.15, 0.2) is 0 Å². The Balaban J connectivity index is 1.57. The van der Waals surface area contributed by atoms with Crippen LogP contribution < -0.4 is 20.3 Å². The van der Waals surface area contributed by atoms with Gasteiger partial charge in [0.25, 0.3) is 5.91 Å². The van der Waals surface area contributed by atoms with Gasteiger partial charge in [-0.05, 0) is 43.3 Å². The van der Waals surface area contributed by atoms with E-state index < -0.39 is 5.91 Å². The molecule has 0 saturated heterocycles. The smallest absolute Gasteiger partial charge is 0.269 e. The van der Waals surface area contributed by atoms with Gasteiger partial charge in [-0.3, -0.25) is 20.4 Å². The van der Waals surface area contributed by atoms with Gasteiger partial charge in [0.2, 0.25) is 5.91 Å². The number of amides is 2. The van der Waals surface area contributed by atoms with Gasteiger partial charge in [0.05, 0.1) is 31.4 Å². The highest BCUT2D eigenvalue weighted by Crippen LogP contribution is 2.32. The van der Waals surface area contributed by atoms with Crippen LogP contribution in [0.25, 0.3) is 10.6 Å². The van der Waals surface area contributed by atoms with Crippen LogP contribution >= 0.6 is 11.3 Å². The van der Waals surface area contributed by atoms with E-state index in [1.807, 2.05) is 36.6 Å². The summed E-state index contributed by atoms with van der Waals surface area (Å²) in [6, 6.07) is 14.2. The molecule has 7 nitrogen and oxygen atoms in total. The lowest BCUT2D eigenvalue weighted by atomic mass is 10.2. The van der Waals surface area contributed by atoms with Crippen LogP contribution in [0.1, 0.15) is 23.0 Å². The third kappa shape index (κ3) is 5.32. The number of rotatable bonds is 7. The summed E-state index contributed by atoms with van der Waals surface area (Å²) in [5, 5.41) is 2.60. The number of benzene rings is 2. The van der Waals surface area contributed by atoms with Gasteiger partial charge >= 0.3 is 0 Å². The molecule has 150 valence electrons. The third-order valence-corrected chi connectivity index (χ3v) is 4.90. The Hall–Kier alpha value is -3.39. The van der Waals surface area contributed by atoms with Gasteiger partial charge in [-0.2, -0.15) is 0 Å². The Labute approximate surface area is 172 Å². The fourth-order valence-corrected chi connectivity index (χ4v) is 3.44. The minimum Gasteiger partial charge on any atom is -0.497 e. The maximum Gasteiger partial charge on any atom is 0.269 e. The highest BCUT2D eigenvalue weighted by Gasteiger charge is 2.13. The van der Waals surface area contributed by atoms with Crippen LogP contribution in [0, 0.1) is 0 Å². The van der Waals surface area contributed by atoms with Crippen LogP contribution in [0.2, 0.25) is 0 Å². The lowest BCUT2D eigenvalue weighted by Gasteiger charge is -2.08. The van der Waals surface area contributed by atoms with Crippen molar-refractivity contribution in [3.05, 3.63) is 65.2 Å². The normalized spacial score (nSPS) is 10.3. The van der Waals surface area contributed by atoms with Crippen molar-refractivity contribution < 1.29 is 19.1 Å². The Kier molecular flexibility index (Phi) is 6.80. The van der Waals surface area contributed by atoms with E-state index >= 15 is 0 Å². The first-order valence-electron chi connectivity index (χ1n) is 9.00. The molecule has 8 heteroatoms. The van der Waals surface area contributed by atoms with E-state index in [2.05, 4.69) is 15.8 Å². The summed E-state index contributed by atoms with van der Waals surface area (Å²) < 4.78 is 10.7. The van der Waals surface area contributed by atoms with E-state index in [1.54, 1.807) is 31.4 Å². The van der Waals surface area contributed by atoms with Gasteiger partial charge in [0.1, 0.15) is 16.5 Å². The molecule has 1 heterocycles. The van der Waals surface area contributed by atoms with Crippen molar-refractivity contribution in [2.24, 2.45) is 0 Å². The molecule has 0 bridgehead atoms. The number of nitrogens with one attached hydrogen (secondary N) is 2. The minimum atomic E-state index is -0.411. The van der Waals surface area contributed by atoms with Gasteiger partial charge in [0, 0.05) is 10.9 Å². The molecule has 0 radical (unpaired) electrons. The van der Waals surface area contributed by atoms with Crippen LogP contribution in [0.5, 0.6) is 11.5 Å². The molecule has 0 aliphatic rings. The summed E-state index contributed by atoms with van der Waals surface area (Å²) >= 11 is 1.44. The summed E-state index contributed by atoms with van der Waals surface area (Å²) in [4.78, 5) is 28.8. The van der Waals surface area contributed by atoms with Crippen molar-refractivity contribution in [3.63, 3.8) is 0 Å². The Bertz CT molecular complexity index is 986. The van der Waals surface area contributed by atoms with Gasteiger partial charge in [-0.15, -0.1) is 11.3 Å². The van der Waals surface area contributed by atoms with Crippen LogP contribution in [-0.4, -0.2) is 30.5 Å². The summed E-state index contributed by atoms with van der Waals surface area (Å²) in [5.41, 5.74) is 6.72. The maximum atomic E-state index is 12.2.